The van der Waals surface area contributed by atoms with Gasteiger partial charge in [-0.2, -0.15) is 0 Å². The van der Waals surface area contributed by atoms with E-state index < -0.39 is 11.6 Å². The van der Waals surface area contributed by atoms with Gasteiger partial charge in [0.15, 0.2) is 11.6 Å². The average molecular weight is 228 g/mol. The molecule has 1 aromatic rings. The largest absolute Gasteiger partial charge is 0.375 e. The summed E-state index contributed by atoms with van der Waals surface area (Å²) in [6, 6.07) is 2.80. The lowest BCUT2D eigenvalue weighted by atomic mass is 9.95. The van der Waals surface area contributed by atoms with Gasteiger partial charge in [-0.05, 0) is 30.5 Å². The highest BCUT2D eigenvalue weighted by molar-refractivity contribution is 5.55. The van der Waals surface area contributed by atoms with Crippen LogP contribution in [-0.2, 0) is 0 Å². The third kappa shape index (κ3) is 2.50. The Hall–Kier alpha value is -1.16. The summed E-state index contributed by atoms with van der Waals surface area (Å²) in [5.41, 5.74) is 6.60. The molecule has 16 heavy (non-hydrogen) atoms. The van der Waals surface area contributed by atoms with Gasteiger partial charge in [0.05, 0.1) is 5.69 Å². The molecule has 2 nitrogen and oxygen atoms in total. The molecule has 0 bridgehead atoms. The van der Waals surface area contributed by atoms with Gasteiger partial charge in [-0.15, -0.1) is 0 Å². The Morgan fingerprint density at radius 1 is 1.31 bits per heavy atom. The molecule has 0 saturated heterocycles. The SMILES string of the molecule is CC(CCN)c1ccc(F)c(F)c1N(C)C. The Balaban J connectivity index is 3.23. The van der Waals surface area contributed by atoms with E-state index in [1.54, 1.807) is 25.1 Å². The molecule has 0 aliphatic carbocycles. The zero-order chi connectivity index (χ0) is 12.3. The molecule has 0 radical (unpaired) electrons. The molecule has 0 aromatic heterocycles. The van der Waals surface area contributed by atoms with Crippen LogP contribution in [0.25, 0.3) is 0 Å². The summed E-state index contributed by atoms with van der Waals surface area (Å²) < 4.78 is 26.8. The molecule has 0 fully saturated rings. The lowest BCUT2D eigenvalue weighted by Gasteiger charge is -2.22. The van der Waals surface area contributed by atoms with Crippen LogP contribution in [0.5, 0.6) is 0 Å². The van der Waals surface area contributed by atoms with E-state index in [0.717, 1.165) is 12.0 Å². The predicted octanol–water partition coefficient (Wildman–Crippen LogP) is 2.48. The minimum absolute atomic E-state index is 0.123. The zero-order valence-corrected chi connectivity index (χ0v) is 9.93. The molecule has 1 atom stereocenters. The molecule has 0 amide bonds. The number of anilines is 1. The summed E-state index contributed by atoms with van der Waals surface area (Å²) in [6.07, 6.45) is 0.756. The van der Waals surface area contributed by atoms with Gasteiger partial charge in [0.1, 0.15) is 0 Å². The average Bonchev–Trinajstić information content (AvgIpc) is 2.21. The van der Waals surface area contributed by atoms with Crippen molar-refractivity contribution in [2.24, 2.45) is 5.73 Å². The van der Waals surface area contributed by atoms with Crippen molar-refractivity contribution in [3.05, 3.63) is 29.3 Å². The van der Waals surface area contributed by atoms with Gasteiger partial charge < -0.3 is 10.6 Å². The van der Waals surface area contributed by atoms with Crippen LogP contribution in [0.2, 0.25) is 0 Å². The second kappa shape index (κ2) is 5.25. The van der Waals surface area contributed by atoms with Crippen molar-refractivity contribution >= 4 is 5.69 Å². The van der Waals surface area contributed by atoms with Gasteiger partial charge >= 0.3 is 0 Å². The molecular weight excluding hydrogens is 210 g/mol. The van der Waals surface area contributed by atoms with Gasteiger partial charge in [0.2, 0.25) is 0 Å². The van der Waals surface area contributed by atoms with E-state index in [-0.39, 0.29) is 5.92 Å². The van der Waals surface area contributed by atoms with Crippen LogP contribution in [0, 0.1) is 11.6 Å². The first-order valence-electron chi connectivity index (χ1n) is 5.34. The van der Waals surface area contributed by atoms with E-state index in [2.05, 4.69) is 0 Å². The van der Waals surface area contributed by atoms with Gasteiger partial charge in [-0.1, -0.05) is 13.0 Å². The molecule has 1 unspecified atom stereocenters. The van der Waals surface area contributed by atoms with Crippen LogP contribution in [0.1, 0.15) is 24.8 Å². The molecule has 0 saturated carbocycles. The predicted molar refractivity (Wildman–Crippen MR) is 62.8 cm³/mol. The Bertz CT molecular complexity index is 364. The second-order valence-corrected chi connectivity index (χ2v) is 4.17. The fraction of sp³-hybridized carbons (Fsp3) is 0.500. The van der Waals surface area contributed by atoms with Crippen molar-refractivity contribution in [1.29, 1.82) is 0 Å². The lowest BCUT2D eigenvalue weighted by molar-refractivity contribution is 0.505. The van der Waals surface area contributed by atoms with Crippen LogP contribution in [0.3, 0.4) is 0 Å². The van der Waals surface area contributed by atoms with E-state index in [0.29, 0.717) is 12.2 Å². The summed E-state index contributed by atoms with van der Waals surface area (Å²) >= 11 is 0. The van der Waals surface area contributed by atoms with Crippen LogP contribution in [0.15, 0.2) is 12.1 Å². The van der Waals surface area contributed by atoms with E-state index in [1.165, 1.54) is 6.07 Å². The van der Waals surface area contributed by atoms with Crippen molar-refractivity contribution in [3.8, 4) is 0 Å². The molecule has 4 heteroatoms. The summed E-state index contributed by atoms with van der Waals surface area (Å²) in [7, 11) is 3.41. The standard InChI is InChI=1S/C12H18F2N2/c1-8(6-7-15)9-4-5-10(13)11(14)12(9)16(2)3/h4-5,8H,6-7,15H2,1-3H3. The van der Waals surface area contributed by atoms with Crippen LogP contribution in [0.4, 0.5) is 14.5 Å². The highest BCUT2D eigenvalue weighted by Crippen LogP contribution is 2.32. The van der Waals surface area contributed by atoms with E-state index >= 15 is 0 Å². The smallest absolute Gasteiger partial charge is 0.182 e. The molecule has 1 aromatic carbocycles. The number of hydrogen-bond acceptors (Lipinski definition) is 2. The number of rotatable bonds is 4. The Kier molecular flexibility index (Phi) is 4.24. The van der Waals surface area contributed by atoms with Crippen LogP contribution < -0.4 is 10.6 Å². The molecule has 0 aliphatic heterocycles. The Morgan fingerprint density at radius 2 is 1.94 bits per heavy atom. The third-order valence-corrected chi connectivity index (χ3v) is 2.68. The molecule has 2 N–H and O–H groups in total. The first-order valence-corrected chi connectivity index (χ1v) is 5.34. The molecule has 1 rings (SSSR count). The van der Waals surface area contributed by atoms with Gasteiger partial charge in [0.25, 0.3) is 0 Å². The summed E-state index contributed by atoms with van der Waals surface area (Å²) in [6.45, 7) is 2.50. The quantitative estimate of drug-likeness (QED) is 0.857. The first-order chi connectivity index (χ1) is 7.49. The van der Waals surface area contributed by atoms with Crippen molar-refractivity contribution < 1.29 is 8.78 Å². The van der Waals surface area contributed by atoms with E-state index in [4.69, 9.17) is 5.73 Å². The lowest BCUT2D eigenvalue weighted by Crippen LogP contribution is -2.16. The van der Waals surface area contributed by atoms with Gasteiger partial charge in [-0.3, -0.25) is 0 Å². The maximum atomic E-state index is 13.7. The molecule has 0 aliphatic rings. The summed E-state index contributed by atoms with van der Waals surface area (Å²) in [5.74, 6) is -1.48. The van der Waals surface area contributed by atoms with Crippen LogP contribution in [-0.4, -0.2) is 20.6 Å². The number of nitrogens with zero attached hydrogens (tertiary/aromatic N) is 1. The molecule has 90 valence electrons. The maximum absolute atomic E-state index is 13.7. The molecular formula is C12H18F2N2. The van der Waals surface area contributed by atoms with Crippen molar-refractivity contribution in [2.45, 2.75) is 19.3 Å². The van der Waals surface area contributed by atoms with Crippen molar-refractivity contribution in [1.82, 2.24) is 0 Å². The van der Waals surface area contributed by atoms with Gasteiger partial charge in [0, 0.05) is 14.1 Å². The second-order valence-electron chi connectivity index (χ2n) is 4.17. The molecule has 0 heterocycles. The summed E-state index contributed by atoms with van der Waals surface area (Å²) in [4.78, 5) is 1.60. The topological polar surface area (TPSA) is 29.3 Å². The zero-order valence-electron chi connectivity index (χ0n) is 9.93. The fourth-order valence-corrected chi connectivity index (χ4v) is 1.81. The van der Waals surface area contributed by atoms with Crippen molar-refractivity contribution in [3.63, 3.8) is 0 Å². The number of hydrogen-bond donors (Lipinski definition) is 1. The van der Waals surface area contributed by atoms with E-state index in [9.17, 15) is 8.78 Å². The fourth-order valence-electron chi connectivity index (χ4n) is 1.81. The monoisotopic (exact) mass is 228 g/mol. The first kappa shape index (κ1) is 12.9. The molecule has 0 spiro atoms. The van der Waals surface area contributed by atoms with Gasteiger partial charge in [-0.25, -0.2) is 8.78 Å². The number of benzene rings is 1. The van der Waals surface area contributed by atoms with E-state index in [1.807, 2.05) is 6.92 Å². The van der Waals surface area contributed by atoms with Crippen molar-refractivity contribution in [2.75, 3.05) is 25.5 Å². The van der Waals surface area contributed by atoms with Crippen LogP contribution >= 0.6 is 0 Å². The Morgan fingerprint density at radius 3 is 2.44 bits per heavy atom. The minimum Gasteiger partial charge on any atom is -0.375 e. The Labute approximate surface area is 95.1 Å². The highest BCUT2D eigenvalue weighted by atomic mass is 19.2. The number of nitrogens with two attached hydrogens (primary N) is 1. The number of halogens is 2. The third-order valence-electron chi connectivity index (χ3n) is 2.68. The minimum atomic E-state index is -0.813. The highest BCUT2D eigenvalue weighted by Gasteiger charge is 2.18. The normalized spacial score (nSPS) is 12.6. The maximum Gasteiger partial charge on any atom is 0.182 e. The summed E-state index contributed by atoms with van der Waals surface area (Å²) in [5, 5.41) is 0.